The number of carbonyl (C=O) groups excluding carboxylic acids is 2. The molecule has 0 unspecified atom stereocenters. The van der Waals surface area contributed by atoms with Crippen LogP contribution >= 0.6 is 15.9 Å². The summed E-state index contributed by atoms with van der Waals surface area (Å²) in [5.74, 6) is 0.453. The van der Waals surface area contributed by atoms with Gasteiger partial charge in [0.2, 0.25) is 5.91 Å². The Morgan fingerprint density at radius 2 is 2.07 bits per heavy atom. The van der Waals surface area contributed by atoms with Crippen LogP contribution in [0.25, 0.3) is 0 Å². The molecule has 3 aliphatic rings. The predicted molar refractivity (Wildman–Crippen MR) is 107 cm³/mol. The van der Waals surface area contributed by atoms with Gasteiger partial charge >= 0.3 is 6.09 Å². The van der Waals surface area contributed by atoms with E-state index in [0.29, 0.717) is 38.5 Å². The lowest BCUT2D eigenvalue weighted by molar-refractivity contribution is -0.133. The molecular weight excluding hydrogens is 426 g/mol. The highest BCUT2D eigenvalue weighted by molar-refractivity contribution is 9.18. The van der Waals surface area contributed by atoms with Gasteiger partial charge < -0.3 is 19.8 Å². The Labute approximate surface area is 172 Å². The molecule has 1 aliphatic carbocycles. The van der Waals surface area contributed by atoms with Crippen LogP contribution in [-0.2, 0) is 20.8 Å². The Morgan fingerprint density at radius 3 is 2.79 bits per heavy atom. The van der Waals surface area contributed by atoms with E-state index in [2.05, 4.69) is 26.4 Å². The topological polar surface area (TPSA) is 80.2 Å². The van der Waals surface area contributed by atoms with Gasteiger partial charge in [-0.05, 0) is 53.1 Å². The molecule has 7 nitrogen and oxygen atoms in total. The van der Waals surface area contributed by atoms with Crippen LogP contribution in [0.2, 0.25) is 0 Å². The summed E-state index contributed by atoms with van der Waals surface area (Å²) in [6.07, 6.45) is 2.80. The second kappa shape index (κ2) is 8.51. The third-order valence-electron chi connectivity index (χ3n) is 5.46. The number of benzene rings is 1. The molecule has 0 bridgehead atoms. The summed E-state index contributed by atoms with van der Waals surface area (Å²) in [4.78, 5) is 32.5. The van der Waals surface area contributed by atoms with Crippen molar-refractivity contribution < 1.29 is 19.2 Å². The third kappa shape index (κ3) is 4.66. The highest BCUT2D eigenvalue weighted by Gasteiger charge is 2.44. The van der Waals surface area contributed by atoms with Gasteiger partial charge in [0.1, 0.15) is 10.7 Å². The van der Waals surface area contributed by atoms with Crippen molar-refractivity contribution in [3.63, 3.8) is 0 Å². The van der Waals surface area contributed by atoms with Crippen LogP contribution in [0.15, 0.2) is 35.5 Å². The number of oxime groups is 1. The minimum Gasteiger partial charge on any atom is -0.449 e. The Hall–Kier alpha value is -2.09. The molecule has 0 radical (unpaired) electrons. The average molecular weight is 450 g/mol. The molecule has 8 heteroatoms. The van der Waals surface area contributed by atoms with E-state index in [-0.39, 0.29) is 17.9 Å². The third-order valence-corrected chi connectivity index (χ3v) is 6.19. The Bertz CT molecular complexity index is 753. The van der Waals surface area contributed by atoms with Crippen LogP contribution in [-0.4, -0.2) is 53.4 Å². The second-order valence-corrected chi connectivity index (χ2v) is 8.48. The monoisotopic (exact) mass is 449 g/mol. The summed E-state index contributed by atoms with van der Waals surface area (Å²) < 4.78 is 6.02. The van der Waals surface area contributed by atoms with Crippen LogP contribution in [0.5, 0.6) is 0 Å². The summed E-state index contributed by atoms with van der Waals surface area (Å²) in [6.45, 7) is 1.44. The Balaban J connectivity index is 1.38. The zero-order chi connectivity index (χ0) is 19.5. The molecule has 1 N–H and O–H groups in total. The fraction of sp³-hybridized carbons (Fsp3) is 0.550. The first-order chi connectivity index (χ1) is 13.6. The maximum atomic E-state index is 13.1. The number of carbonyl (C=O) groups is 2. The van der Waals surface area contributed by atoms with Crippen molar-refractivity contribution in [3.8, 4) is 0 Å². The lowest BCUT2D eigenvalue weighted by Gasteiger charge is -2.24. The number of likely N-dealkylation sites (tertiary alicyclic amines) is 1. The number of hydrogen-bond acceptors (Lipinski definition) is 5. The molecule has 2 heterocycles. The van der Waals surface area contributed by atoms with Crippen molar-refractivity contribution >= 4 is 32.6 Å². The van der Waals surface area contributed by atoms with Crippen molar-refractivity contribution in [2.75, 3.05) is 19.7 Å². The van der Waals surface area contributed by atoms with Crippen LogP contribution in [0.4, 0.5) is 4.79 Å². The summed E-state index contributed by atoms with van der Waals surface area (Å²) >= 11 is 3.40. The fourth-order valence-corrected chi connectivity index (χ4v) is 4.09. The first-order valence-electron chi connectivity index (χ1n) is 9.75. The fourth-order valence-electron chi connectivity index (χ4n) is 3.57. The smallest absolute Gasteiger partial charge is 0.407 e. The molecular formula is C20H24BrN3O4. The number of alkyl carbamates (subject to hydrolysis) is 1. The molecule has 3 atom stereocenters. The van der Waals surface area contributed by atoms with Crippen molar-refractivity contribution in [3.05, 3.63) is 35.9 Å². The van der Waals surface area contributed by atoms with E-state index in [4.69, 9.17) is 9.57 Å². The molecule has 1 aromatic rings. The van der Waals surface area contributed by atoms with E-state index in [0.717, 1.165) is 23.0 Å². The van der Waals surface area contributed by atoms with Gasteiger partial charge in [0.15, 0.2) is 6.10 Å². The minimum atomic E-state index is -0.624. The highest BCUT2D eigenvalue weighted by atomic mass is 79.9. The van der Waals surface area contributed by atoms with Gasteiger partial charge in [-0.2, -0.15) is 0 Å². The molecule has 2 fully saturated rings. The van der Waals surface area contributed by atoms with E-state index in [9.17, 15) is 9.59 Å². The van der Waals surface area contributed by atoms with Gasteiger partial charge in [0.25, 0.3) is 0 Å². The van der Waals surface area contributed by atoms with E-state index < -0.39 is 12.1 Å². The number of hydrogen-bond donors (Lipinski definition) is 1. The van der Waals surface area contributed by atoms with Crippen molar-refractivity contribution in [1.82, 2.24) is 10.2 Å². The molecule has 0 aromatic heterocycles. The van der Waals surface area contributed by atoms with Gasteiger partial charge in [-0.25, -0.2) is 4.79 Å². The lowest BCUT2D eigenvalue weighted by atomic mass is 10.0. The van der Waals surface area contributed by atoms with E-state index >= 15 is 0 Å². The normalized spacial score (nSPS) is 24.2. The zero-order valence-corrected chi connectivity index (χ0v) is 17.1. The van der Waals surface area contributed by atoms with Crippen LogP contribution in [0.1, 0.15) is 24.8 Å². The number of nitrogens with zero attached hydrogens (tertiary/aromatic N) is 2. The maximum Gasteiger partial charge on any atom is 0.407 e. The van der Waals surface area contributed by atoms with Crippen molar-refractivity contribution in [2.24, 2.45) is 17.0 Å². The van der Waals surface area contributed by atoms with Crippen molar-refractivity contribution in [1.29, 1.82) is 0 Å². The van der Waals surface area contributed by atoms with Gasteiger partial charge in [0.05, 0.1) is 19.1 Å². The minimum absolute atomic E-state index is 0.0699. The maximum absolute atomic E-state index is 13.1. The summed E-state index contributed by atoms with van der Waals surface area (Å²) in [5, 5.41) is 6.72. The number of fused-ring (bicyclic) bond motifs is 1. The van der Waals surface area contributed by atoms with Gasteiger partial charge in [-0.15, -0.1) is 0 Å². The number of nitrogens with one attached hydrogen (secondary N) is 1. The van der Waals surface area contributed by atoms with E-state index in [1.807, 2.05) is 30.3 Å². The van der Waals surface area contributed by atoms with Crippen molar-refractivity contribution in [2.45, 2.75) is 37.8 Å². The van der Waals surface area contributed by atoms with Gasteiger partial charge in [-0.1, -0.05) is 35.5 Å². The molecule has 2 aliphatic heterocycles. The number of halogens is 1. The molecule has 4 rings (SSSR count). The summed E-state index contributed by atoms with van der Waals surface area (Å²) in [6, 6.07) is 9.32. The number of aryl methyl sites for hydroxylation is 1. The highest BCUT2D eigenvalue weighted by Crippen LogP contribution is 2.30. The van der Waals surface area contributed by atoms with Crippen LogP contribution in [0, 0.1) is 11.8 Å². The molecule has 28 heavy (non-hydrogen) atoms. The predicted octanol–water partition coefficient (Wildman–Crippen LogP) is 2.69. The molecule has 0 spiro atoms. The van der Waals surface area contributed by atoms with Crippen LogP contribution < -0.4 is 5.32 Å². The Kier molecular flexibility index (Phi) is 5.85. The van der Waals surface area contributed by atoms with Gasteiger partial charge in [-0.3, -0.25) is 4.79 Å². The summed E-state index contributed by atoms with van der Waals surface area (Å²) in [7, 11) is 0. The quantitative estimate of drug-likeness (QED) is 0.693. The SMILES string of the molecule is O=C(N[C@@H](CCc1ccccc1)C(=O)N1C[C@@H]2C(Br)=NO[C@@H]2C1)OCC1CC1. The van der Waals surface area contributed by atoms with E-state index in [1.54, 1.807) is 4.90 Å². The molecule has 150 valence electrons. The molecule has 1 saturated heterocycles. The number of rotatable bonds is 7. The van der Waals surface area contributed by atoms with Gasteiger partial charge in [0, 0.05) is 6.54 Å². The van der Waals surface area contributed by atoms with E-state index in [1.165, 1.54) is 0 Å². The number of ether oxygens (including phenoxy) is 1. The lowest BCUT2D eigenvalue weighted by Crippen LogP contribution is -2.48. The average Bonchev–Trinajstić information content (AvgIpc) is 3.34. The Morgan fingerprint density at radius 1 is 1.29 bits per heavy atom. The largest absolute Gasteiger partial charge is 0.449 e. The first-order valence-corrected chi connectivity index (χ1v) is 10.5. The first kappa shape index (κ1) is 19.2. The number of amides is 2. The zero-order valence-electron chi connectivity index (χ0n) is 15.6. The molecule has 1 saturated carbocycles. The van der Waals surface area contributed by atoms with Crippen LogP contribution in [0.3, 0.4) is 0 Å². The molecule has 2 amide bonds. The second-order valence-electron chi connectivity index (χ2n) is 7.67. The molecule has 1 aromatic carbocycles. The summed E-state index contributed by atoms with van der Waals surface area (Å²) in [5.41, 5.74) is 1.13. The standard InChI is InChI=1S/C20H24BrN3O4/c21-18-15-10-24(11-17(15)28-23-18)19(25)16(9-8-13-4-2-1-3-5-13)22-20(26)27-12-14-6-7-14/h1-5,14-17H,6-12H2,(H,22,26)/t15-,16-,17+/m0/s1.